The topological polar surface area (TPSA) is 93.9 Å². The van der Waals surface area contributed by atoms with E-state index in [-0.39, 0.29) is 12.0 Å². The van der Waals surface area contributed by atoms with E-state index in [0.717, 1.165) is 53.6 Å². The van der Waals surface area contributed by atoms with Crippen LogP contribution in [0.5, 0.6) is 5.75 Å². The second-order valence-corrected chi connectivity index (χ2v) is 8.82. The summed E-state index contributed by atoms with van der Waals surface area (Å²) < 4.78 is 13.3. The first-order valence-electron chi connectivity index (χ1n) is 12.4. The highest BCUT2D eigenvalue weighted by Gasteiger charge is 2.23. The summed E-state index contributed by atoms with van der Waals surface area (Å²) in [6.45, 7) is 5.25. The van der Waals surface area contributed by atoms with Crippen LogP contribution >= 0.6 is 0 Å². The maximum Gasteiger partial charge on any atom is 0.413 e. The van der Waals surface area contributed by atoms with E-state index in [4.69, 9.17) is 9.47 Å². The van der Waals surface area contributed by atoms with E-state index in [1.807, 2.05) is 49.5 Å². The van der Waals surface area contributed by atoms with Gasteiger partial charge in [-0.05, 0) is 62.1 Å². The van der Waals surface area contributed by atoms with Crippen molar-refractivity contribution in [3.63, 3.8) is 0 Å². The molecule has 1 aliphatic heterocycles. The van der Waals surface area contributed by atoms with E-state index in [1.54, 1.807) is 0 Å². The van der Waals surface area contributed by atoms with Crippen LogP contribution in [0, 0.1) is 0 Å². The van der Waals surface area contributed by atoms with E-state index in [9.17, 15) is 14.7 Å². The van der Waals surface area contributed by atoms with Crippen molar-refractivity contribution in [2.45, 2.75) is 58.4 Å². The molecule has 1 unspecified atom stereocenters. The van der Waals surface area contributed by atoms with Gasteiger partial charge in [-0.15, -0.1) is 0 Å². The highest BCUT2D eigenvalue weighted by Crippen LogP contribution is 2.29. The molecule has 1 N–H and O–H groups in total. The first-order chi connectivity index (χ1) is 17.0. The minimum atomic E-state index is -0.962. The van der Waals surface area contributed by atoms with Gasteiger partial charge in [-0.2, -0.15) is 0 Å². The summed E-state index contributed by atoms with van der Waals surface area (Å²) in [7, 11) is 0. The van der Waals surface area contributed by atoms with Crippen molar-refractivity contribution in [1.82, 2.24) is 9.55 Å². The van der Waals surface area contributed by atoms with Gasteiger partial charge in [0, 0.05) is 41.8 Å². The number of amides is 1. The van der Waals surface area contributed by atoms with E-state index < -0.39 is 6.09 Å². The van der Waals surface area contributed by atoms with Gasteiger partial charge in [0.2, 0.25) is 0 Å². The zero-order chi connectivity index (χ0) is 24.8. The lowest BCUT2D eigenvalue weighted by molar-refractivity contribution is -0.144. The number of carboxylic acid groups (broad SMARTS) is 1. The van der Waals surface area contributed by atoms with Crippen LogP contribution in [0.25, 0.3) is 10.9 Å². The van der Waals surface area contributed by atoms with E-state index in [0.29, 0.717) is 38.4 Å². The molecular weight excluding hydrogens is 446 g/mol. The zero-order valence-electron chi connectivity index (χ0n) is 20.4. The number of carbonyl (C=O) groups excluding carboxylic acids is 1. The Morgan fingerprint density at radius 1 is 1.17 bits per heavy atom. The SMILES string of the molecule is CCCC(CC(=O)OCC)n1ccc2cc(OCCc3ccc4c(n3)N(C(=O)O)CCC4)ccc21. The number of carbonyl (C=O) groups is 2. The molecule has 1 amide bonds. The molecule has 1 aliphatic rings. The molecule has 8 nitrogen and oxygen atoms in total. The third kappa shape index (κ3) is 5.75. The fourth-order valence-electron chi connectivity index (χ4n) is 4.71. The number of rotatable bonds is 10. The van der Waals surface area contributed by atoms with Gasteiger partial charge in [-0.25, -0.2) is 9.78 Å². The van der Waals surface area contributed by atoms with Crippen LogP contribution in [0.15, 0.2) is 42.6 Å². The molecule has 2 aromatic heterocycles. The second-order valence-electron chi connectivity index (χ2n) is 8.82. The zero-order valence-corrected chi connectivity index (χ0v) is 20.4. The molecule has 4 rings (SSSR count). The van der Waals surface area contributed by atoms with Gasteiger partial charge in [-0.1, -0.05) is 19.4 Å². The van der Waals surface area contributed by atoms with Crippen LogP contribution < -0.4 is 9.64 Å². The van der Waals surface area contributed by atoms with Crippen molar-refractivity contribution in [3.8, 4) is 5.75 Å². The van der Waals surface area contributed by atoms with Crippen LogP contribution in [-0.4, -0.2) is 46.5 Å². The van der Waals surface area contributed by atoms with Crippen molar-refractivity contribution >= 4 is 28.8 Å². The van der Waals surface area contributed by atoms with Crippen LogP contribution in [0.1, 0.15) is 56.8 Å². The molecule has 0 fully saturated rings. The van der Waals surface area contributed by atoms with Crippen LogP contribution in [0.4, 0.5) is 10.6 Å². The van der Waals surface area contributed by atoms with Gasteiger partial charge in [0.15, 0.2) is 0 Å². The summed E-state index contributed by atoms with van der Waals surface area (Å²) in [5.41, 5.74) is 2.85. The number of fused-ring (bicyclic) bond motifs is 2. The number of pyridine rings is 1. The van der Waals surface area contributed by atoms with Gasteiger partial charge in [0.1, 0.15) is 11.6 Å². The van der Waals surface area contributed by atoms with Crippen molar-refractivity contribution in [2.75, 3.05) is 24.7 Å². The molecule has 8 heteroatoms. The molecule has 0 spiro atoms. The highest BCUT2D eigenvalue weighted by atomic mass is 16.5. The lowest BCUT2D eigenvalue weighted by Gasteiger charge is -2.26. The third-order valence-electron chi connectivity index (χ3n) is 6.37. The Labute approximate surface area is 205 Å². The minimum Gasteiger partial charge on any atom is -0.493 e. The number of aromatic nitrogens is 2. The summed E-state index contributed by atoms with van der Waals surface area (Å²) in [5, 5.41) is 10.5. The molecule has 0 saturated carbocycles. The Hall–Kier alpha value is -3.55. The number of hydrogen-bond acceptors (Lipinski definition) is 5. The average molecular weight is 480 g/mol. The van der Waals surface area contributed by atoms with Crippen LogP contribution in [-0.2, 0) is 22.4 Å². The first-order valence-corrected chi connectivity index (χ1v) is 12.4. The normalized spacial score (nSPS) is 13.9. The predicted octanol–water partition coefficient (Wildman–Crippen LogP) is 5.38. The number of hydrogen-bond donors (Lipinski definition) is 1. The number of aryl methyl sites for hydroxylation is 1. The average Bonchev–Trinajstić information content (AvgIpc) is 3.26. The summed E-state index contributed by atoms with van der Waals surface area (Å²) in [4.78, 5) is 29.5. The predicted molar refractivity (Wildman–Crippen MR) is 134 cm³/mol. The molecular formula is C27H33N3O5. The fraction of sp³-hybridized carbons (Fsp3) is 0.444. The molecule has 35 heavy (non-hydrogen) atoms. The monoisotopic (exact) mass is 479 g/mol. The van der Waals surface area contributed by atoms with Crippen molar-refractivity contribution in [2.24, 2.45) is 0 Å². The van der Waals surface area contributed by atoms with Crippen molar-refractivity contribution < 1.29 is 24.2 Å². The second kappa shape index (κ2) is 11.3. The van der Waals surface area contributed by atoms with E-state index in [2.05, 4.69) is 16.5 Å². The molecule has 1 atom stereocenters. The van der Waals surface area contributed by atoms with Gasteiger partial charge in [0.05, 0.1) is 19.6 Å². The maximum absolute atomic E-state index is 12.1. The van der Waals surface area contributed by atoms with Crippen LogP contribution in [0.3, 0.4) is 0 Å². The fourth-order valence-corrected chi connectivity index (χ4v) is 4.71. The summed E-state index contributed by atoms with van der Waals surface area (Å²) in [5.74, 6) is 1.14. The summed E-state index contributed by atoms with van der Waals surface area (Å²) in [6, 6.07) is 12.0. The molecule has 186 valence electrons. The van der Waals surface area contributed by atoms with Crippen molar-refractivity contribution in [1.29, 1.82) is 0 Å². The molecule has 1 aromatic carbocycles. The number of esters is 1. The highest BCUT2D eigenvalue weighted by molar-refractivity contribution is 5.86. The molecule has 3 aromatic rings. The minimum absolute atomic E-state index is 0.0590. The molecule has 0 radical (unpaired) electrons. The van der Waals surface area contributed by atoms with Gasteiger partial charge < -0.3 is 19.1 Å². The quantitative estimate of drug-likeness (QED) is 0.392. The third-order valence-corrected chi connectivity index (χ3v) is 6.37. The van der Waals surface area contributed by atoms with Crippen LogP contribution in [0.2, 0.25) is 0 Å². The Kier molecular flexibility index (Phi) is 7.90. The lowest BCUT2D eigenvalue weighted by atomic mass is 10.1. The largest absolute Gasteiger partial charge is 0.493 e. The van der Waals surface area contributed by atoms with E-state index >= 15 is 0 Å². The smallest absolute Gasteiger partial charge is 0.413 e. The Balaban J connectivity index is 1.41. The molecule has 0 aliphatic carbocycles. The maximum atomic E-state index is 12.1. The van der Waals surface area contributed by atoms with Crippen molar-refractivity contribution in [3.05, 3.63) is 53.9 Å². The molecule has 3 heterocycles. The lowest BCUT2D eigenvalue weighted by Crippen LogP contribution is -2.35. The number of anilines is 1. The summed E-state index contributed by atoms with van der Waals surface area (Å²) in [6.07, 6.45) is 5.54. The molecule has 0 saturated heterocycles. The van der Waals surface area contributed by atoms with Gasteiger partial charge >= 0.3 is 12.1 Å². The number of nitrogens with zero attached hydrogens (tertiary/aromatic N) is 3. The van der Waals surface area contributed by atoms with E-state index in [1.165, 1.54) is 4.90 Å². The number of ether oxygens (including phenoxy) is 2. The Bertz CT molecular complexity index is 1190. The Morgan fingerprint density at radius 2 is 2.03 bits per heavy atom. The standard InChI is InChI=1S/C27H33N3O5/c1-3-6-22(18-25(31)34-4-2)29-15-12-20-17-23(10-11-24(20)29)35-16-13-21-9-8-19-7-5-14-30(27(32)33)26(19)28-21/h8-12,15,17,22H,3-7,13-14,16,18H2,1-2H3,(H,32,33). The first kappa shape index (κ1) is 24.6. The Morgan fingerprint density at radius 3 is 2.80 bits per heavy atom. The summed E-state index contributed by atoms with van der Waals surface area (Å²) >= 11 is 0. The van der Waals surface area contributed by atoms with Gasteiger partial charge in [0.25, 0.3) is 0 Å². The van der Waals surface area contributed by atoms with Gasteiger partial charge in [-0.3, -0.25) is 9.69 Å². The number of benzene rings is 1. The molecule has 0 bridgehead atoms.